The van der Waals surface area contributed by atoms with Gasteiger partial charge in [0.15, 0.2) is 12.4 Å². The molecule has 0 heterocycles. The Kier molecular flexibility index (Phi) is 47.5. The van der Waals surface area contributed by atoms with Crippen LogP contribution >= 0.6 is 0 Å². The Morgan fingerprint density at radius 1 is 0.455 bits per heavy atom. The first-order valence-corrected chi connectivity index (χ1v) is 28.0. The van der Waals surface area contributed by atoms with Gasteiger partial charge in [0.05, 0.1) is 40.3 Å². The highest BCUT2D eigenvalue weighted by atomic mass is 16.7. The topological polar surface area (TPSA) is 111 Å². The maximum atomic E-state index is 12.8. The molecule has 0 aliphatic heterocycles. The van der Waals surface area contributed by atoms with Crippen LogP contribution in [0.15, 0.2) is 24.3 Å². The number of aliphatic carboxylic acids is 1. The third-order valence-electron chi connectivity index (χ3n) is 12.4. The van der Waals surface area contributed by atoms with Gasteiger partial charge in [0, 0.05) is 12.8 Å². The summed E-state index contributed by atoms with van der Waals surface area (Å²) < 4.78 is 22.6. The van der Waals surface area contributed by atoms with Crippen LogP contribution in [0.4, 0.5) is 0 Å². The smallest absolute Gasteiger partial charge is 0.306 e. The SMILES string of the molecule is CCC/C=C\C/C=C\CCCCCCCC(=O)OC(COC(=O)CCCCCCCCCCCCCCCCCCCCCCCCCCCCCC)COC(OCC[N+](C)(C)C)C(=O)[O-]. The molecule has 0 spiro atoms. The van der Waals surface area contributed by atoms with E-state index in [2.05, 4.69) is 38.2 Å². The fraction of sp³-hybridized carbons (Fsp3) is 0.877. The van der Waals surface area contributed by atoms with E-state index in [1.807, 2.05) is 21.1 Å². The van der Waals surface area contributed by atoms with Crippen molar-refractivity contribution in [3.8, 4) is 0 Å². The Morgan fingerprint density at radius 3 is 1.26 bits per heavy atom. The number of hydrogen-bond acceptors (Lipinski definition) is 8. The molecule has 0 rings (SSSR count). The summed E-state index contributed by atoms with van der Waals surface area (Å²) in [5.74, 6) is -2.29. The molecule has 0 aromatic carbocycles. The molecule has 0 saturated carbocycles. The zero-order valence-electron chi connectivity index (χ0n) is 44.1. The van der Waals surface area contributed by atoms with E-state index in [-0.39, 0.29) is 32.2 Å². The monoisotopic (exact) mass is 934 g/mol. The van der Waals surface area contributed by atoms with Crippen LogP contribution < -0.4 is 5.11 Å². The predicted octanol–water partition coefficient (Wildman–Crippen LogP) is 14.6. The lowest BCUT2D eigenvalue weighted by atomic mass is 10.0. The summed E-state index contributed by atoms with van der Waals surface area (Å²) in [6.45, 7) is 4.70. The molecule has 9 nitrogen and oxygen atoms in total. The van der Waals surface area contributed by atoms with Crippen LogP contribution in [-0.2, 0) is 33.3 Å². The Bertz CT molecular complexity index is 1130. The van der Waals surface area contributed by atoms with Gasteiger partial charge in [-0.2, -0.15) is 0 Å². The number of carboxylic acid groups (broad SMARTS) is 1. The molecule has 0 saturated heterocycles. The molecule has 0 amide bonds. The zero-order chi connectivity index (χ0) is 48.4. The number of carbonyl (C=O) groups is 3. The van der Waals surface area contributed by atoms with E-state index >= 15 is 0 Å². The number of unbranched alkanes of at least 4 members (excludes halogenated alkanes) is 33. The highest BCUT2D eigenvalue weighted by Crippen LogP contribution is 2.17. The Balaban J connectivity index is 4.10. The van der Waals surface area contributed by atoms with Crippen LogP contribution in [0.25, 0.3) is 0 Å². The first kappa shape index (κ1) is 63.8. The van der Waals surface area contributed by atoms with Gasteiger partial charge in [0.1, 0.15) is 13.2 Å². The third kappa shape index (κ3) is 49.7. The largest absolute Gasteiger partial charge is 0.545 e. The molecule has 66 heavy (non-hydrogen) atoms. The minimum atomic E-state index is -1.62. The lowest BCUT2D eigenvalue weighted by molar-refractivity contribution is -0.870. The number of carbonyl (C=O) groups excluding carboxylic acids is 3. The van der Waals surface area contributed by atoms with Crippen LogP contribution in [0.1, 0.15) is 264 Å². The van der Waals surface area contributed by atoms with Gasteiger partial charge in [-0.05, 0) is 38.5 Å². The quantitative estimate of drug-likeness (QED) is 0.0195. The normalized spacial score (nSPS) is 12.9. The average Bonchev–Trinajstić information content (AvgIpc) is 3.28. The Labute approximate surface area is 407 Å². The molecule has 9 heteroatoms. The van der Waals surface area contributed by atoms with Gasteiger partial charge in [0.25, 0.3) is 0 Å². The number of nitrogens with zero attached hydrogens (tertiary/aromatic N) is 1. The van der Waals surface area contributed by atoms with Crippen molar-refractivity contribution in [3.63, 3.8) is 0 Å². The van der Waals surface area contributed by atoms with E-state index in [1.54, 1.807) is 0 Å². The molecule has 388 valence electrons. The van der Waals surface area contributed by atoms with Crippen LogP contribution in [0, 0.1) is 0 Å². The van der Waals surface area contributed by atoms with Gasteiger partial charge < -0.3 is 33.3 Å². The van der Waals surface area contributed by atoms with E-state index in [0.717, 1.165) is 64.2 Å². The van der Waals surface area contributed by atoms with Crippen LogP contribution in [0.2, 0.25) is 0 Å². The summed E-state index contributed by atoms with van der Waals surface area (Å²) in [5, 5.41) is 11.7. The summed E-state index contributed by atoms with van der Waals surface area (Å²) in [6.07, 6.45) is 53.9. The van der Waals surface area contributed by atoms with Crippen LogP contribution in [-0.4, -0.2) is 82.3 Å². The summed E-state index contributed by atoms with van der Waals surface area (Å²) in [7, 11) is 5.92. The average molecular weight is 934 g/mol. The molecule has 0 aromatic rings. The maximum Gasteiger partial charge on any atom is 0.306 e. The number of hydrogen-bond donors (Lipinski definition) is 0. The molecular weight excluding hydrogens is 827 g/mol. The Morgan fingerprint density at radius 2 is 0.848 bits per heavy atom. The number of rotatable bonds is 52. The van der Waals surface area contributed by atoms with E-state index in [9.17, 15) is 19.5 Å². The van der Waals surface area contributed by atoms with Gasteiger partial charge >= 0.3 is 11.9 Å². The van der Waals surface area contributed by atoms with Crippen molar-refractivity contribution in [1.29, 1.82) is 0 Å². The van der Waals surface area contributed by atoms with Crippen LogP contribution in [0.3, 0.4) is 0 Å². The second kappa shape index (κ2) is 49.2. The van der Waals surface area contributed by atoms with Gasteiger partial charge in [0.2, 0.25) is 0 Å². The molecule has 0 aromatic heterocycles. The number of allylic oxidation sites excluding steroid dienone is 4. The number of quaternary nitrogens is 1. The van der Waals surface area contributed by atoms with Crippen molar-refractivity contribution in [3.05, 3.63) is 24.3 Å². The molecule has 0 N–H and O–H groups in total. The van der Waals surface area contributed by atoms with Gasteiger partial charge in [-0.15, -0.1) is 0 Å². The molecule has 2 unspecified atom stereocenters. The van der Waals surface area contributed by atoms with Crippen molar-refractivity contribution in [1.82, 2.24) is 0 Å². The third-order valence-corrected chi connectivity index (χ3v) is 12.4. The van der Waals surface area contributed by atoms with Crippen molar-refractivity contribution in [2.45, 2.75) is 277 Å². The van der Waals surface area contributed by atoms with E-state index in [0.29, 0.717) is 23.9 Å². The fourth-order valence-corrected chi connectivity index (χ4v) is 8.11. The first-order valence-electron chi connectivity index (χ1n) is 28.0. The van der Waals surface area contributed by atoms with Gasteiger partial charge in [-0.1, -0.05) is 237 Å². The predicted molar refractivity (Wildman–Crippen MR) is 274 cm³/mol. The highest BCUT2D eigenvalue weighted by molar-refractivity contribution is 5.70. The Hall–Kier alpha value is -2.23. The molecule has 0 bridgehead atoms. The summed E-state index contributed by atoms with van der Waals surface area (Å²) >= 11 is 0. The lowest BCUT2D eigenvalue weighted by Gasteiger charge is -2.26. The second-order valence-electron chi connectivity index (χ2n) is 20.2. The van der Waals surface area contributed by atoms with Crippen molar-refractivity contribution >= 4 is 17.9 Å². The lowest BCUT2D eigenvalue weighted by Crippen LogP contribution is -2.44. The van der Waals surface area contributed by atoms with Crippen molar-refractivity contribution < 1.29 is 42.9 Å². The van der Waals surface area contributed by atoms with Crippen molar-refractivity contribution in [2.75, 3.05) is 47.5 Å². The fourth-order valence-electron chi connectivity index (χ4n) is 8.11. The van der Waals surface area contributed by atoms with E-state index in [4.69, 9.17) is 18.9 Å². The first-order chi connectivity index (χ1) is 32.1. The molecule has 0 radical (unpaired) electrons. The van der Waals surface area contributed by atoms with Crippen LogP contribution in [0.5, 0.6) is 0 Å². The molecule has 0 aliphatic carbocycles. The number of esters is 2. The van der Waals surface area contributed by atoms with E-state index in [1.165, 1.54) is 167 Å². The standard InChI is InChI=1S/C57H107NO8/c1-6-8-10-12-14-16-18-20-21-22-23-24-25-26-27-28-29-30-31-32-33-34-36-37-39-41-43-45-47-54(59)64-51-53(52-65-57(56(61)62)63-50-49-58(3,4)5)66-55(60)48-46-44-42-40-38-35-19-17-15-13-11-9-7-2/h11,13,17,19,53,57H,6-10,12,14-16,18,20-52H2,1-5H3/b13-11-,19-17-. The minimum absolute atomic E-state index is 0.147. The van der Waals surface area contributed by atoms with Gasteiger partial charge in [-0.3, -0.25) is 9.59 Å². The number of carboxylic acids is 1. The number of likely N-dealkylation sites (N-methyl/N-ethyl adjacent to an activating group) is 1. The van der Waals surface area contributed by atoms with E-state index < -0.39 is 24.3 Å². The second-order valence-corrected chi connectivity index (χ2v) is 20.2. The molecular formula is C57H107NO8. The molecule has 2 atom stereocenters. The number of ether oxygens (including phenoxy) is 4. The molecule has 0 aliphatic rings. The van der Waals surface area contributed by atoms with Crippen molar-refractivity contribution in [2.24, 2.45) is 0 Å². The molecule has 0 fully saturated rings. The van der Waals surface area contributed by atoms with Gasteiger partial charge in [-0.25, -0.2) is 0 Å². The summed E-state index contributed by atoms with van der Waals surface area (Å²) in [5.41, 5.74) is 0. The highest BCUT2D eigenvalue weighted by Gasteiger charge is 2.22. The zero-order valence-corrected chi connectivity index (χ0v) is 44.1. The summed E-state index contributed by atoms with van der Waals surface area (Å²) in [6, 6.07) is 0. The summed E-state index contributed by atoms with van der Waals surface area (Å²) in [4.78, 5) is 37.1. The maximum absolute atomic E-state index is 12.8. The minimum Gasteiger partial charge on any atom is -0.545 e.